The number of hydrogen-bond donors (Lipinski definition) is 0. The number of fused-ring (bicyclic) bond motifs is 1. The second-order valence-electron chi connectivity index (χ2n) is 3.93. The molecule has 1 atom stereocenters. The number of hydrogen-bond acceptors (Lipinski definition) is 1. The highest BCUT2D eigenvalue weighted by Gasteiger charge is 2.24. The molecule has 2 rings (SSSR count). The quantitative estimate of drug-likeness (QED) is 0.570. The van der Waals surface area contributed by atoms with Crippen molar-refractivity contribution in [3.63, 3.8) is 0 Å². The Balaban J connectivity index is 2.13. The summed E-state index contributed by atoms with van der Waals surface area (Å²) in [6.45, 7) is 4.44. The average molecular weight is 175 g/mol. The fourth-order valence-electron chi connectivity index (χ4n) is 1.63. The molecule has 0 amide bonds. The van der Waals surface area contributed by atoms with Gasteiger partial charge in [0.1, 0.15) is 5.71 Å². The minimum absolute atomic E-state index is 0.235. The summed E-state index contributed by atoms with van der Waals surface area (Å²) in [5.41, 5.74) is 1.22. The van der Waals surface area contributed by atoms with Crippen molar-refractivity contribution in [1.82, 2.24) is 0 Å². The van der Waals surface area contributed by atoms with Crippen LogP contribution in [0.25, 0.3) is 0 Å². The Morgan fingerprint density at radius 3 is 3.00 bits per heavy atom. The van der Waals surface area contributed by atoms with Gasteiger partial charge in [0.2, 0.25) is 0 Å². The summed E-state index contributed by atoms with van der Waals surface area (Å²) in [5.74, 6) is 0.685. The van der Waals surface area contributed by atoms with Gasteiger partial charge >= 0.3 is 0 Å². The third kappa shape index (κ3) is 1.77. The van der Waals surface area contributed by atoms with Crippen LogP contribution in [0.2, 0.25) is 0 Å². The predicted molar refractivity (Wildman–Crippen MR) is 55.3 cm³/mol. The van der Waals surface area contributed by atoms with E-state index in [0.717, 1.165) is 6.42 Å². The van der Waals surface area contributed by atoms with Gasteiger partial charge in [-0.15, -0.1) is 0 Å². The second kappa shape index (κ2) is 3.29. The zero-order valence-electron chi connectivity index (χ0n) is 8.14. The number of aliphatic imine (C=N–C) groups is 1. The van der Waals surface area contributed by atoms with Gasteiger partial charge in [-0.1, -0.05) is 19.9 Å². The highest BCUT2D eigenvalue weighted by molar-refractivity contribution is 6.29. The minimum Gasteiger partial charge on any atom is -0.212 e. The van der Waals surface area contributed by atoms with E-state index in [1.165, 1.54) is 5.71 Å². The van der Waals surface area contributed by atoms with E-state index < -0.39 is 0 Å². The molecule has 68 valence electrons. The Hall–Kier alpha value is -1.18. The number of rotatable bonds is 2. The third-order valence-corrected chi connectivity index (χ3v) is 2.17. The Labute approximate surface area is 79.0 Å². The molecular formula is C11H15N2+. The van der Waals surface area contributed by atoms with Crippen LogP contribution in [0.3, 0.4) is 0 Å². The minimum atomic E-state index is 0.235. The highest BCUT2D eigenvalue weighted by Crippen LogP contribution is 2.12. The number of nitrogens with zero attached hydrogens (tertiary/aromatic N) is 2. The molecule has 0 spiro atoms. The monoisotopic (exact) mass is 175 g/mol. The summed E-state index contributed by atoms with van der Waals surface area (Å²) >= 11 is 0. The van der Waals surface area contributed by atoms with Crippen LogP contribution in [0, 0.1) is 5.92 Å². The molecule has 0 aromatic rings. The van der Waals surface area contributed by atoms with Crippen molar-refractivity contribution < 1.29 is 4.58 Å². The predicted octanol–water partition coefficient (Wildman–Crippen LogP) is 1.98. The molecule has 13 heavy (non-hydrogen) atoms. The average Bonchev–Trinajstić information content (AvgIpc) is 2.44. The first-order chi connectivity index (χ1) is 6.25. The van der Waals surface area contributed by atoms with Crippen LogP contribution in [0.5, 0.6) is 0 Å². The summed E-state index contributed by atoms with van der Waals surface area (Å²) in [4.78, 5) is 4.60. The van der Waals surface area contributed by atoms with Crippen LogP contribution in [-0.2, 0) is 0 Å². The van der Waals surface area contributed by atoms with Crippen molar-refractivity contribution in [2.24, 2.45) is 10.9 Å². The maximum atomic E-state index is 4.60. The SMILES string of the molecule is CC(C)CC1=NC2C=CC=C[N+]2=C1. The van der Waals surface area contributed by atoms with E-state index >= 15 is 0 Å². The molecule has 2 aliphatic heterocycles. The Morgan fingerprint density at radius 2 is 2.31 bits per heavy atom. The van der Waals surface area contributed by atoms with Crippen molar-refractivity contribution in [2.75, 3.05) is 0 Å². The number of allylic oxidation sites excluding steroid dienone is 2. The van der Waals surface area contributed by atoms with Gasteiger partial charge in [0.05, 0.1) is 0 Å². The Bertz CT molecular complexity index is 319. The molecule has 0 aliphatic carbocycles. The molecular weight excluding hydrogens is 160 g/mol. The van der Waals surface area contributed by atoms with E-state index in [0.29, 0.717) is 5.92 Å². The standard InChI is InChI=1S/C11H15N2/c1-9(2)7-10-8-13-6-4-3-5-11(13)12-10/h3-6,8-9,11H,7H2,1-2H3/q+1. The van der Waals surface area contributed by atoms with Crippen molar-refractivity contribution in [3.05, 3.63) is 24.4 Å². The highest BCUT2D eigenvalue weighted by atomic mass is 15.2. The maximum Gasteiger partial charge on any atom is 0.270 e. The summed E-state index contributed by atoms with van der Waals surface area (Å²) in [6, 6.07) is 0. The fourth-order valence-corrected chi connectivity index (χ4v) is 1.63. The molecule has 2 heteroatoms. The lowest BCUT2D eigenvalue weighted by atomic mass is 10.1. The van der Waals surface area contributed by atoms with Gasteiger partial charge in [0, 0.05) is 12.2 Å². The Morgan fingerprint density at radius 1 is 1.46 bits per heavy atom. The van der Waals surface area contributed by atoms with Crippen molar-refractivity contribution >= 4 is 11.9 Å². The van der Waals surface area contributed by atoms with Gasteiger partial charge < -0.3 is 0 Å². The molecule has 0 aromatic carbocycles. The molecule has 0 bridgehead atoms. The molecule has 0 N–H and O–H groups in total. The third-order valence-electron chi connectivity index (χ3n) is 2.17. The summed E-state index contributed by atoms with van der Waals surface area (Å²) in [7, 11) is 0. The van der Waals surface area contributed by atoms with E-state index in [1.54, 1.807) is 0 Å². The molecule has 2 heterocycles. The lowest BCUT2D eigenvalue weighted by molar-refractivity contribution is -0.476. The largest absolute Gasteiger partial charge is 0.270 e. The van der Waals surface area contributed by atoms with Crippen molar-refractivity contribution in [1.29, 1.82) is 0 Å². The summed E-state index contributed by atoms with van der Waals surface area (Å²) in [5, 5.41) is 0. The van der Waals surface area contributed by atoms with Crippen LogP contribution in [0.1, 0.15) is 20.3 Å². The van der Waals surface area contributed by atoms with Gasteiger partial charge in [-0.2, -0.15) is 4.58 Å². The van der Waals surface area contributed by atoms with Crippen LogP contribution in [-0.4, -0.2) is 22.7 Å². The van der Waals surface area contributed by atoms with Crippen LogP contribution in [0.4, 0.5) is 0 Å². The van der Waals surface area contributed by atoms with Gasteiger partial charge in [-0.05, 0) is 12.3 Å². The molecule has 0 fully saturated rings. The van der Waals surface area contributed by atoms with Crippen molar-refractivity contribution in [2.45, 2.75) is 26.4 Å². The van der Waals surface area contributed by atoms with Crippen LogP contribution < -0.4 is 0 Å². The van der Waals surface area contributed by atoms with Gasteiger partial charge in [0.25, 0.3) is 6.17 Å². The first kappa shape index (κ1) is 8.42. The first-order valence-corrected chi connectivity index (χ1v) is 4.79. The smallest absolute Gasteiger partial charge is 0.212 e. The molecule has 0 saturated carbocycles. The van der Waals surface area contributed by atoms with E-state index in [9.17, 15) is 0 Å². The molecule has 1 unspecified atom stereocenters. The maximum absolute atomic E-state index is 4.60. The zero-order valence-corrected chi connectivity index (χ0v) is 8.14. The summed E-state index contributed by atoms with van der Waals surface area (Å²) in [6.07, 6.45) is 11.7. The molecule has 0 saturated heterocycles. The molecule has 0 radical (unpaired) electrons. The van der Waals surface area contributed by atoms with Crippen LogP contribution in [0.15, 0.2) is 29.4 Å². The van der Waals surface area contributed by atoms with E-state index in [2.05, 4.69) is 48.0 Å². The lowest BCUT2D eigenvalue weighted by Gasteiger charge is -2.00. The molecule has 2 aliphatic rings. The van der Waals surface area contributed by atoms with Crippen LogP contribution >= 0.6 is 0 Å². The zero-order chi connectivity index (χ0) is 9.26. The van der Waals surface area contributed by atoms with Gasteiger partial charge in [-0.3, -0.25) is 0 Å². The second-order valence-corrected chi connectivity index (χ2v) is 3.93. The summed E-state index contributed by atoms with van der Waals surface area (Å²) < 4.78 is 2.15. The van der Waals surface area contributed by atoms with E-state index in [1.807, 2.05) is 6.08 Å². The lowest BCUT2D eigenvalue weighted by Crippen LogP contribution is -2.15. The normalized spacial score (nSPS) is 24.7. The first-order valence-electron chi connectivity index (χ1n) is 4.79. The van der Waals surface area contributed by atoms with Gasteiger partial charge in [-0.25, -0.2) is 4.99 Å². The fraction of sp³-hybridized carbons (Fsp3) is 0.455. The van der Waals surface area contributed by atoms with E-state index in [-0.39, 0.29) is 6.17 Å². The topological polar surface area (TPSA) is 15.4 Å². The van der Waals surface area contributed by atoms with E-state index in [4.69, 9.17) is 0 Å². The Kier molecular flexibility index (Phi) is 2.13. The van der Waals surface area contributed by atoms with Crippen molar-refractivity contribution in [3.8, 4) is 0 Å². The van der Waals surface area contributed by atoms with Gasteiger partial charge in [0.15, 0.2) is 12.4 Å². The molecule has 0 aromatic heterocycles. The molecule has 2 nitrogen and oxygen atoms in total.